The Morgan fingerprint density at radius 2 is 1.76 bits per heavy atom. The smallest absolute Gasteiger partial charge is 0.285 e. The molecule has 130 valence electrons. The van der Waals surface area contributed by atoms with Crippen molar-refractivity contribution in [3.63, 3.8) is 0 Å². The number of benzene rings is 2. The zero-order chi connectivity index (χ0) is 18.0. The van der Waals surface area contributed by atoms with Crippen molar-refractivity contribution in [2.24, 2.45) is 4.99 Å². The maximum absolute atomic E-state index is 14.2. The van der Waals surface area contributed by atoms with Gasteiger partial charge in [-0.25, -0.2) is 13.2 Å². The topological polar surface area (TPSA) is 43.6 Å². The van der Waals surface area contributed by atoms with Crippen molar-refractivity contribution >= 4 is 27.5 Å². The lowest BCUT2D eigenvalue weighted by molar-refractivity contribution is 0.0989. The molecule has 4 nitrogen and oxygen atoms in total. The predicted molar refractivity (Wildman–Crippen MR) is 87.9 cm³/mol. The molecule has 1 amide bonds. The first-order valence-corrected chi connectivity index (χ1v) is 8.14. The van der Waals surface area contributed by atoms with Gasteiger partial charge >= 0.3 is 0 Å². The molecular formula is C17H13F3N2O2S. The van der Waals surface area contributed by atoms with Crippen molar-refractivity contribution in [2.45, 2.75) is 6.54 Å². The Bertz CT molecular complexity index is 991. The average Bonchev–Trinajstić information content (AvgIpc) is 2.91. The van der Waals surface area contributed by atoms with Crippen LogP contribution in [0.4, 0.5) is 13.2 Å². The number of ether oxygens (including phenoxy) is 1. The molecule has 0 unspecified atom stereocenters. The summed E-state index contributed by atoms with van der Waals surface area (Å²) in [4.78, 5) is 16.2. The van der Waals surface area contributed by atoms with Crippen LogP contribution in [0.3, 0.4) is 0 Å². The molecule has 0 aliphatic heterocycles. The van der Waals surface area contributed by atoms with Gasteiger partial charge in [-0.3, -0.25) is 4.79 Å². The molecule has 25 heavy (non-hydrogen) atoms. The lowest BCUT2D eigenvalue weighted by Gasteiger charge is -2.05. The number of fused-ring (bicyclic) bond motifs is 1. The largest absolute Gasteiger partial charge is 0.383 e. The molecule has 0 atom stereocenters. The second kappa shape index (κ2) is 7.20. The summed E-state index contributed by atoms with van der Waals surface area (Å²) in [6.07, 6.45) is 0. The highest BCUT2D eigenvalue weighted by molar-refractivity contribution is 7.16. The van der Waals surface area contributed by atoms with Crippen LogP contribution in [-0.2, 0) is 11.3 Å². The van der Waals surface area contributed by atoms with Crippen LogP contribution in [0.2, 0.25) is 0 Å². The fourth-order valence-corrected chi connectivity index (χ4v) is 3.48. The number of amides is 1. The average molecular weight is 366 g/mol. The molecule has 0 saturated carbocycles. The van der Waals surface area contributed by atoms with Gasteiger partial charge in [0, 0.05) is 13.7 Å². The normalized spacial score (nSPS) is 12.1. The molecule has 0 radical (unpaired) electrons. The molecule has 0 aliphatic carbocycles. The number of carbonyl (C=O) groups excluding carboxylic acids is 1. The van der Waals surface area contributed by atoms with Crippen molar-refractivity contribution in [1.29, 1.82) is 0 Å². The van der Waals surface area contributed by atoms with Crippen LogP contribution in [0.25, 0.3) is 10.2 Å². The first kappa shape index (κ1) is 17.4. The van der Waals surface area contributed by atoms with E-state index >= 15 is 0 Å². The number of aromatic nitrogens is 1. The zero-order valence-corrected chi connectivity index (χ0v) is 13.9. The second-order valence-electron chi connectivity index (χ2n) is 5.13. The summed E-state index contributed by atoms with van der Waals surface area (Å²) in [5.41, 5.74) is -0.469. The number of para-hydroxylation sites is 1. The number of nitrogens with zero attached hydrogens (tertiary/aromatic N) is 2. The summed E-state index contributed by atoms with van der Waals surface area (Å²) in [5, 5.41) is 0. The third-order valence-electron chi connectivity index (χ3n) is 3.54. The van der Waals surface area contributed by atoms with Crippen molar-refractivity contribution < 1.29 is 22.7 Å². The molecule has 1 aromatic heterocycles. The van der Waals surface area contributed by atoms with Crippen LogP contribution < -0.4 is 4.80 Å². The van der Waals surface area contributed by atoms with Gasteiger partial charge in [0.2, 0.25) is 0 Å². The third kappa shape index (κ3) is 3.35. The highest BCUT2D eigenvalue weighted by Gasteiger charge is 2.18. The van der Waals surface area contributed by atoms with Gasteiger partial charge in [-0.15, -0.1) is 0 Å². The fourth-order valence-electron chi connectivity index (χ4n) is 2.41. The highest BCUT2D eigenvalue weighted by atomic mass is 32.1. The lowest BCUT2D eigenvalue weighted by Crippen LogP contribution is -2.20. The van der Waals surface area contributed by atoms with E-state index in [-0.39, 0.29) is 23.5 Å². The molecule has 0 N–H and O–H groups in total. The highest BCUT2D eigenvalue weighted by Crippen LogP contribution is 2.21. The SMILES string of the molecule is COCCn1c(=NC(=O)c2c(F)cccc2F)sc2cccc(F)c21. The fraction of sp³-hybridized carbons (Fsp3) is 0.176. The standard InChI is InChI=1S/C17H13F3N2O2S/c1-24-9-8-22-15-12(20)6-3-7-13(15)25-17(22)21-16(23)14-10(18)4-2-5-11(14)19/h2-7H,8-9H2,1H3. The third-order valence-corrected chi connectivity index (χ3v) is 4.59. The van der Waals surface area contributed by atoms with Crippen molar-refractivity contribution in [3.05, 3.63) is 64.2 Å². The summed E-state index contributed by atoms with van der Waals surface area (Å²) in [5.74, 6) is -3.53. The monoisotopic (exact) mass is 366 g/mol. The molecule has 0 spiro atoms. The summed E-state index contributed by atoms with van der Waals surface area (Å²) < 4.78 is 48.8. The van der Waals surface area contributed by atoms with Gasteiger partial charge in [-0.05, 0) is 24.3 Å². The maximum Gasteiger partial charge on any atom is 0.285 e. The Morgan fingerprint density at radius 1 is 1.12 bits per heavy atom. The van der Waals surface area contributed by atoms with E-state index in [9.17, 15) is 18.0 Å². The molecule has 0 bridgehead atoms. The number of rotatable bonds is 4. The summed E-state index contributed by atoms with van der Waals surface area (Å²) >= 11 is 1.06. The maximum atomic E-state index is 14.2. The van der Waals surface area contributed by atoms with E-state index in [0.29, 0.717) is 4.70 Å². The first-order valence-electron chi connectivity index (χ1n) is 7.32. The van der Waals surface area contributed by atoms with Gasteiger partial charge in [0.15, 0.2) is 4.80 Å². The Hall–Kier alpha value is -2.45. The Balaban J connectivity index is 2.19. The van der Waals surface area contributed by atoms with Gasteiger partial charge in [0.1, 0.15) is 23.0 Å². The van der Waals surface area contributed by atoms with Gasteiger partial charge in [-0.2, -0.15) is 4.99 Å². The van der Waals surface area contributed by atoms with Crippen LogP contribution in [-0.4, -0.2) is 24.2 Å². The van der Waals surface area contributed by atoms with Crippen LogP contribution in [0, 0.1) is 17.5 Å². The van der Waals surface area contributed by atoms with E-state index in [2.05, 4.69) is 4.99 Å². The number of thiazole rings is 1. The van der Waals surface area contributed by atoms with E-state index in [4.69, 9.17) is 4.74 Å². The summed E-state index contributed by atoms with van der Waals surface area (Å²) in [6, 6.07) is 7.64. The van der Waals surface area contributed by atoms with Crippen molar-refractivity contribution in [3.8, 4) is 0 Å². The van der Waals surface area contributed by atoms with Crippen LogP contribution in [0.1, 0.15) is 10.4 Å². The quantitative estimate of drug-likeness (QED) is 0.709. The minimum absolute atomic E-state index is 0.143. The van der Waals surface area contributed by atoms with Crippen LogP contribution >= 0.6 is 11.3 Å². The predicted octanol–water partition coefficient (Wildman–Crippen LogP) is 3.51. The van der Waals surface area contributed by atoms with E-state index in [1.165, 1.54) is 23.8 Å². The Morgan fingerprint density at radius 3 is 2.44 bits per heavy atom. The first-order chi connectivity index (χ1) is 12.0. The Kier molecular flexibility index (Phi) is 5.00. The number of hydrogen-bond donors (Lipinski definition) is 0. The van der Waals surface area contributed by atoms with Crippen molar-refractivity contribution in [2.75, 3.05) is 13.7 Å². The molecule has 8 heteroatoms. The Labute approximate surface area is 144 Å². The number of halogens is 3. The molecule has 3 rings (SSSR count). The summed E-state index contributed by atoms with van der Waals surface area (Å²) in [7, 11) is 1.49. The molecule has 0 fully saturated rings. The molecule has 2 aromatic carbocycles. The number of hydrogen-bond acceptors (Lipinski definition) is 3. The second-order valence-corrected chi connectivity index (χ2v) is 6.14. The number of carbonyl (C=O) groups is 1. The van der Waals surface area contributed by atoms with E-state index in [0.717, 1.165) is 29.5 Å². The summed E-state index contributed by atoms with van der Waals surface area (Å²) in [6.45, 7) is 0.499. The molecule has 3 aromatic rings. The van der Waals surface area contributed by atoms with Gasteiger partial charge < -0.3 is 9.30 Å². The number of methoxy groups -OCH3 is 1. The molecule has 1 heterocycles. The van der Waals surface area contributed by atoms with E-state index in [1.807, 2.05) is 0 Å². The van der Waals surface area contributed by atoms with Gasteiger partial charge in [-0.1, -0.05) is 23.5 Å². The molecule has 0 saturated heterocycles. The zero-order valence-electron chi connectivity index (χ0n) is 13.1. The minimum atomic E-state index is -1.06. The van der Waals surface area contributed by atoms with Gasteiger partial charge in [0.25, 0.3) is 5.91 Å². The van der Waals surface area contributed by atoms with Crippen LogP contribution in [0.5, 0.6) is 0 Å². The lowest BCUT2D eigenvalue weighted by atomic mass is 10.2. The van der Waals surface area contributed by atoms with Crippen LogP contribution in [0.15, 0.2) is 41.4 Å². The van der Waals surface area contributed by atoms with Gasteiger partial charge in [0.05, 0.1) is 16.8 Å². The van der Waals surface area contributed by atoms with Crippen molar-refractivity contribution in [1.82, 2.24) is 4.57 Å². The van der Waals surface area contributed by atoms with E-state index in [1.54, 1.807) is 6.07 Å². The molecule has 0 aliphatic rings. The minimum Gasteiger partial charge on any atom is -0.383 e. The van der Waals surface area contributed by atoms with E-state index < -0.39 is 28.9 Å². The molecular weight excluding hydrogens is 353 g/mol.